The van der Waals surface area contributed by atoms with Gasteiger partial charge >= 0.3 is 0 Å². The zero-order valence-corrected chi connectivity index (χ0v) is 11.1. The summed E-state index contributed by atoms with van der Waals surface area (Å²) < 4.78 is 1.52. The van der Waals surface area contributed by atoms with Crippen LogP contribution in [-0.2, 0) is 6.54 Å². The third-order valence-corrected chi connectivity index (χ3v) is 3.01. The molecule has 3 aromatic rings. The van der Waals surface area contributed by atoms with E-state index in [0.29, 0.717) is 18.4 Å². The number of nitrogens with two attached hydrogens (primary N) is 1. The smallest absolute Gasteiger partial charge is 0.257 e. The van der Waals surface area contributed by atoms with Crippen LogP contribution in [-0.4, -0.2) is 29.7 Å². The number of anilines is 2. The monoisotopic (exact) mass is 289 g/mol. The van der Waals surface area contributed by atoms with Gasteiger partial charge in [-0.05, 0) is 6.07 Å². The molecule has 9 nitrogen and oxygen atoms in total. The molecule has 3 heterocycles. The second-order valence-electron chi connectivity index (χ2n) is 3.71. The van der Waals surface area contributed by atoms with Gasteiger partial charge in [-0.1, -0.05) is 0 Å². The lowest BCUT2D eigenvalue weighted by Crippen LogP contribution is -2.16. The molecule has 10 heteroatoms. The number of hydrazine groups is 1. The maximum atomic E-state index is 5.36. The summed E-state index contributed by atoms with van der Waals surface area (Å²) in [5.41, 5.74) is 5.09. The van der Waals surface area contributed by atoms with Crippen LogP contribution in [0.4, 0.5) is 11.9 Å². The minimum Gasteiger partial charge on any atom is -0.348 e. The van der Waals surface area contributed by atoms with Crippen LogP contribution in [0.15, 0.2) is 29.4 Å². The molecule has 0 aliphatic heterocycles. The van der Waals surface area contributed by atoms with Crippen LogP contribution in [0.2, 0.25) is 0 Å². The molecule has 0 spiro atoms. The fourth-order valence-corrected chi connectivity index (χ4v) is 2.05. The fourth-order valence-electron chi connectivity index (χ4n) is 1.49. The number of hydrogen-bond donors (Lipinski definition) is 3. The molecule has 0 amide bonds. The molecular weight excluding hydrogens is 278 g/mol. The summed E-state index contributed by atoms with van der Waals surface area (Å²) in [6.45, 7) is 0.524. The summed E-state index contributed by atoms with van der Waals surface area (Å²) in [5.74, 6) is 6.39. The van der Waals surface area contributed by atoms with Gasteiger partial charge in [-0.15, -0.1) is 11.3 Å². The van der Waals surface area contributed by atoms with Gasteiger partial charge in [0.05, 0.1) is 17.7 Å². The summed E-state index contributed by atoms with van der Waals surface area (Å²) in [6.07, 6.45) is 3.38. The molecule has 0 fully saturated rings. The Morgan fingerprint density at radius 1 is 1.25 bits per heavy atom. The molecule has 102 valence electrons. The van der Waals surface area contributed by atoms with Gasteiger partial charge in [0.15, 0.2) is 0 Å². The van der Waals surface area contributed by atoms with Gasteiger partial charge in [0.2, 0.25) is 11.9 Å². The zero-order valence-electron chi connectivity index (χ0n) is 10.3. The fraction of sp³-hybridized carbons (Fsp3) is 0.100. The Kier molecular flexibility index (Phi) is 3.48. The summed E-state index contributed by atoms with van der Waals surface area (Å²) >= 11 is 1.53. The maximum absolute atomic E-state index is 5.36. The summed E-state index contributed by atoms with van der Waals surface area (Å²) in [6, 6.07) is 1.78. The van der Waals surface area contributed by atoms with Crippen LogP contribution < -0.4 is 16.6 Å². The molecule has 0 aliphatic rings. The first-order valence-electron chi connectivity index (χ1n) is 5.69. The van der Waals surface area contributed by atoms with Crippen molar-refractivity contribution in [1.29, 1.82) is 0 Å². The van der Waals surface area contributed by atoms with Crippen molar-refractivity contribution in [2.24, 2.45) is 5.84 Å². The zero-order chi connectivity index (χ0) is 13.8. The summed E-state index contributed by atoms with van der Waals surface area (Å²) in [7, 11) is 0. The van der Waals surface area contributed by atoms with E-state index in [1.807, 2.05) is 5.38 Å². The predicted molar refractivity (Wildman–Crippen MR) is 74.2 cm³/mol. The number of nitrogen functional groups attached to an aromatic ring is 1. The highest BCUT2D eigenvalue weighted by molar-refractivity contribution is 7.07. The molecule has 0 unspecified atom stereocenters. The van der Waals surface area contributed by atoms with Gasteiger partial charge < -0.3 is 5.32 Å². The Morgan fingerprint density at radius 3 is 2.85 bits per heavy atom. The van der Waals surface area contributed by atoms with Gasteiger partial charge in [0.1, 0.15) is 0 Å². The highest BCUT2D eigenvalue weighted by Gasteiger charge is 2.08. The van der Waals surface area contributed by atoms with E-state index in [-0.39, 0.29) is 5.95 Å². The summed E-state index contributed by atoms with van der Waals surface area (Å²) in [5, 5.41) is 9.09. The number of rotatable bonds is 5. The summed E-state index contributed by atoms with van der Waals surface area (Å²) in [4.78, 5) is 16.7. The van der Waals surface area contributed by atoms with Crippen molar-refractivity contribution in [2.45, 2.75) is 6.54 Å². The SMILES string of the molecule is NNc1nc(NCc2cscn2)nc(-n2cccn2)n1. The molecule has 4 N–H and O–H groups in total. The molecule has 0 atom stereocenters. The molecule has 3 aromatic heterocycles. The predicted octanol–water partition coefficient (Wildman–Crippen LogP) is 0.411. The minimum absolute atomic E-state index is 0.256. The van der Waals surface area contributed by atoms with Gasteiger partial charge in [0, 0.05) is 17.8 Å². The molecule has 20 heavy (non-hydrogen) atoms. The van der Waals surface area contributed by atoms with Crippen LogP contribution in [0.25, 0.3) is 5.95 Å². The number of aromatic nitrogens is 6. The van der Waals surface area contributed by atoms with Gasteiger partial charge in [-0.2, -0.15) is 20.1 Å². The lowest BCUT2D eigenvalue weighted by atomic mass is 10.5. The first-order chi connectivity index (χ1) is 9.85. The first-order valence-corrected chi connectivity index (χ1v) is 6.63. The molecule has 0 bridgehead atoms. The van der Waals surface area contributed by atoms with Crippen LogP contribution in [0.1, 0.15) is 5.69 Å². The van der Waals surface area contributed by atoms with Gasteiger partial charge in [-0.25, -0.2) is 15.5 Å². The van der Waals surface area contributed by atoms with E-state index < -0.39 is 0 Å². The quantitative estimate of drug-likeness (QED) is 0.456. The average Bonchev–Trinajstić information content (AvgIpc) is 3.17. The Morgan fingerprint density at radius 2 is 2.15 bits per heavy atom. The third-order valence-electron chi connectivity index (χ3n) is 2.37. The van der Waals surface area contributed by atoms with E-state index in [1.54, 1.807) is 24.0 Å². The molecule has 3 rings (SSSR count). The largest absolute Gasteiger partial charge is 0.348 e. The van der Waals surface area contributed by atoms with Crippen molar-refractivity contribution < 1.29 is 0 Å². The number of hydrogen-bond acceptors (Lipinski definition) is 9. The van der Waals surface area contributed by atoms with Crippen molar-refractivity contribution >= 4 is 23.2 Å². The molecular formula is C10H11N9S. The maximum Gasteiger partial charge on any atom is 0.257 e. The Labute approximate surface area is 117 Å². The second-order valence-corrected chi connectivity index (χ2v) is 4.43. The van der Waals surface area contributed by atoms with E-state index in [1.165, 1.54) is 16.0 Å². The first kappa shape index (κ1) is 12.4. The highest BCUT2D eigenvalue weighted by Crippen LogP contribution is 2.09. The second kappa shape index (κ2) is 5.59. The lowest BCUT2D eigenvalue weighted by Gasteiger charge is -2.07. The van der Waals surface area contributed by atoms with Crippen molar-refractivity contribution in [3.63, 3.8) is 0 Å². The van der Waals surface area contributed by atoms with Crippen molar-refractivity contribution in [1.82, 2.24) is 29.7 Å². The van der Waals surface area contributed by atoms with Crippen LogP contribution in [0.3, 0.4) is 0 Å². The lowest BCUT2D eigenvalue weighted by molar-refractivity contribution is 0.795. The number of nitrogens with zero attached hydrogens (tertiary/aromatic N) is 6. The molecule has 0 aromatic carbocycles. The molecule has 0 saturated carbocycles. The van der Waals surface area contributed by atoms with Crippen molar-refractivity contribution in [3.05, 3.63) is 35.0 Å². The standard InChI is InChI=1S/C10H11N9S/c11-18-9-15-8(12-4-7-5-20-6-13-7)16-10(17-9)19-3-1-2-14-19/h1-3,5-6H,4,11H2,(H2,12,15,16,17,18). The Hall–Kier alpha value is -2.59. The third kappa shape index (κ3) is 2.70. The number of nitrogens with one attached hydrogen (secondary N) is 2. The molecule has 0 radical (unpaired) electrons. The van der Waals surface area contributed by atoms with E-state index in [9.17, 15) is 0 Å². The van der Waals surface area contributed by atoms with Crippen LogP contribution in [0, 0.1) is 0 Å². The number of thiazole rings is 1. The van der Waals surface area contributed by atoms with E-state index in [0.717, 1.165) is 5.69 Å². The molecule has 0 saturated heterocycles. The van der Waals surface area contributed by atoms with Crippen LogP contribution in [0.5, 0.6) is 0 Å². The normalized spacial score (nSPS) is 10.4. The molecule has 0 aliphatic carbocycles. The van der Waals surface area contributed by atoms with Crippen molar-refractivity contribution in [3.8, 4) is 5.95 Å². The van der Waals surface area contributed by atoms with Crippen molar-refractivity contribution in [2.75, 3.05) is 10.7 Å². The van der Waals surface area contributed by atoms with Crippen LogP contribution >= 0.6 is 11.3 Å². The average molecular weight is 289 g/mol. The van der Waals surface area contributed by atoms with E-state index >= 15 is 0 Å². The van der Waals surface area contributed by atoms with E-state index in [4.69, 9.17) is 5.84 Å². The van der Waals surface area contributed by atoms with Gasteiger partial charge in [-0.3, -0.25) is 5.43 Å². The van der Waals surface area contributed by atoms with Gasteiger partial charge in [0.25, 0.3) is 5.95 Å². The Bertz CT molecular complexity index is 664. The highest BCUT2D eigenvalue weighted by atomic mass is 32.1. The Balaban J connectivity index is 1.84. The van der Waals surface area contributed by atoms with E-state index in [2.05, 4.69) is 35.8 Å². The minimum atomic E-state index is 0.256. The topological polar surface area (TPSA) is 119 Å².